The molecule has 1 fully saturated rings. The number of hydrogen-bond acceptors (Lipinski definition) is 4. The topological polar surface area (TPSA) is 62.5 Å². The maximum atomic E-state index is 14.4. The lowest BCUT2D eigenvalue weighted by molar-refractivity contribution is -0.230. The normalized spacial score (nSPS) is 21.4. The predicted octanol–water partition coefficient (Wildman–Crippen LogP) is 4.14. The number of carbonyl (C=O) groups is 1. The molecule has 0 radical (unpaired) electrons. The van der Waals surface area contributed by atoms with E-state index < -0.39 is 35.7 Å². The second kappa shape index (κ2) is 7.49. The van der Waals surface area contributed by atoms with E-state index >= 15 is 0 Å². The largest absolute Gasteiger partial charge is 0.435 e. The lowest BCUT2D eigenvalue weighted by Gasteiger charge is -2.37. The van der Waals surface area contributed by atoms with Crippen molar-refractivity contribution in [3.05, 3.63) is 52.3 Å². The third-order valence-corrected chi connectivity index (χ3v) is 6.04. The molecule has 1 atom stereocenters. The summed E-state index contributed by atoms with van der Waals surface area (Å²) in [4.78, 5) is 12.5. The molecule has 12 heteroatoms. The molecule has 4 rings (SSSR count). The smallest absolute Gasteiger partial charge is 0.349 e. The van der Waals surface area contributed by atoms with Crippen LogP contribution in [0.1, 0.15) is 52.1 Å². The summed E-state index contributed by atoms with van der Waals surface area (Å²) in [6, 6.07) is 5.13. The van der Waals surface area contributed by atoms with Gasteiger partial charge in [-0.3, -0.25) is 14.5 Å². The first-order valence-electron chi connectivity index (χ1n) is 10.2. The van der Waals surface area contributed by atoms with Gasteiger partial charge in [0, 0.05) is 32.1 Å². The summed E-state index contributed by atoms with van der Waals surface area (Å²) in [6.45, 7) is 1.71. The summed E-state index contributed by atoms with van der Waals surface area (Å²) in [5.74, 6) is -0.327. The van der Waals surface area contributed by atoms with E-state index in [4.69, 9.17) is 0 Å². The van der Waals surface area contributed by atoms with Crippen molar-refractivity contribution in [2.45, 2.75) is 50.1 Å². The third kappa shape index (κ3) is 3.95. The van der Waals surface area contributed by atoms with Crippen molar-refractivity contribution >= 4 is 11.6 Å². The molecule has 1 aliphatic carbocycles. The maximum absolute atomic E-state index is 14.4. The number of hydrazone groups is 1. The average molecular weight is 473 g/mol. The molecule has 1 N–H and O–H groups in total. The highest BCUT2D eigenvalue weighted by molar-refractivity contribution is 6.05. The number of hydrogen-bond donors (Lipinski definition) is 1. The molecule has 0 saturated heterocycles. The second-order valence-corrected chi connectivity index (χ2v) is 8.42. The lowest BCUT2D eigenvalue weighted by atomic mass is 9.86. The number of carbonyl (C=O) groups excluding carboxylic acids is 1. The zero-order valence-corrected chi connectivity index (χ0v) is 18.0. The van der Waals surface area contributed by atoms with Crippen LogP contribution < -0.4 is 5.32 Å². The van der Waals surface area contributed by atoms with Crippen LogP contribution in [0.2, 0.25) is 0 Å². The average Bonchev–Trinajstić information content (AvgIpc) is 3.30. The van der Waals surface area contributed by atoms with Crippen molar-refractivity contribution in [1.82, 2.24) is 20.1 Å². The van der Waals surface area contributed by atoms with Gasteiger partial charge in [-0.2, -0.15) is 36.5 Å². The van der Waals surface area contributed by atoms with Gasteiger partial charge in [-0.05, 0) is 43.0 Å². The maximum Gasteiger partial charge on any atom is 0.435 e. The minimum atomic E-state index is -4.97. The highest BCUT2D eigenvalue weighted by Gasteiger charge is 2.64. The van der Waals surface area contributed by atoms with Crippen LogP contribution >= 0.6 is 0 Å². The van der Waals surface area contributed by atoms with Crippen LogP contribution in [0.3, 0.4) is 0 Å². The Morgan fingerprint density at radius 1 is 1.12 bits per heavy atom. The van der Waals surface area contributed by atoms with Crippen LogP contribution in [0.15, 0.2) is 29.4 Å². The second-order valence-electron chi connectivity index (χ2n) is 8.42. The number of amides is 1. The van der Waals surface area contributed by atoms with E-state index in [0.29, 0.717) is 26.9 Å². The Morgan fingerprint density at radius 2 is 1.79 bits per heavy atom. The highest BCUT2D eigenvalue weighted by atomic mass is 19.4. The molecule has 178 valence electrons. The minimum absolute atomic E-state index is 0.00468. The summed E-state index contributed by atoms with van der Waals surface area (Å²) >= 11 is 0. The van der Waals surface area contributed by atoms with E-state index in [1.807, 2.05) is 0 Å². The Morgan fingerprint density at radius 3 is 2.33 bits per heavy atom. The van der Waals surface area contributed by atoms with Crippen molar-refractivity contribution in [1.29, 1.82) is 0 Å². The molecule has 1 unspecified atom stereocenters. The monoisotopic (exact) mass is 473 g/mol. The molecule has 0 bridgehead atoms. The number of alkyl halides is 6. The van der Waals surface area contributed by atoms with Crippen LogP contribution in [0.4, 0.5) is 26.3 Å². The van der Waals surface area contributed by atoms with Gasteiger partial charge >= 0.3 is 12.4 Å². The van der Waals surface area contributed by atoms with E-state index in [9.17, 15) is 31.1 Å². The molecule has 2 aliphatic rings. The van der Waals surface area contributed by atoms with E-state index in [1.54, 1.807) is 19.1 Å². The van der Waals surface area contributed by atoms with Gasteiger partial charge < -0.3 is 5.32 Å². The Bertz CT molecular complexity index is 1130. The van der Waals surface area contributed by atoms with Crippen LogP contribution in [0.25, 0.3) is 0 Å². The molecule has 1 saturated carbocycles. The predicted molar refractivity (Wildman–Crippen MR) is 107 cm³/mol. The van der Waals surface area contributed by atoms with Gasteiger partial charge in [0.05, 0.1) is 11.4 Å². The number of aryl methyl sites for hydroxylation is 2. The molecular formula is C21H21F6N5O. The van der Waals surface area contributed by atoms with Gasteiger partial charge in [-0.15, -0.1) is 0 Å². The first-order chi connectivity index (χ1) is 15.2. The number of benzene rings is 1. The first kappa shape index (κ1) is 23.1. The van der Waals surface area contributed by atoms with Crippen LogP contribution in [0.5, 0.6) is 0 Å². The minimum Gasteiger partial charge on any atom is -0.349 e. The van der Waals surface area contributed by atoms with E-state index in [1.165, 1.54) is 6.07 Å². The van der Waals surface area contributed by atoms with E-state index in [-0.39, 0.29) is 23.2 Å². The fourth-order valence-corrected chi connectivity index (χ4v) is 4.03. The van der Waals surface area contributed by atoms with Crippen molar-refractivity contribution in [2.75, 3.05) is 7.05 Å². The quantitative estimate of drug-likeness (QED) is 0.680. The Labute approximate surface area is 185 Å². The van der Waals surface area contributed by atoms with Gasteiger partial charge in [0.1, 0.15) is 0 Å². The van der Waals surface area contributed by atoms with E-state index in [0.717, 1.165) is 26.9 Å². The number of halogens is 6. The fourth-order valence-electron chi connectivity index (χ4n) is 4.03. The zero-order valence-electron chi connectivity index (χ0n) is 18.0. The fraction of sp³-hybridized carbons (Fsp3) is 0.476. The molecule has 1 aromatic heterocycles. The Kier molecular flexibility index (Phi) is 5.25. The molecule has 0 spiro atoms. The van der Waals surface area contributed by atoms with Gasteiger partial charge in [0.2, 0.25) is 0 Å². The SMILES string of the molecule is Cc1ccc(C2=NN(C)C(c3cc(C(F)(F)F)nn3C)(C(F)(F)F)C2)cc1C(=O)NC1CC1. The van der Waals surface area contributed by atoms with E-state index in [2.05, 4.69) is 15.5 Å². The van der Waals surface area contributed by atoms with Crippen molar-refractivity contribution in [3.8, 4) is 0 Å². The van der Waals surface area contributed by atoms with Gasteiger partial charge in [0.15, 0.2) is 11.2 Å². The first-order valence-corrected chi connectivity index (χ1v) is 10.2. The standard InChI is InChI=1S/C21H21F6N5O/c1-11-4-5-12(8-14(11)18(33)28-13-6-7-13)15-10-19(21(25,26)27,32(3)29-15)17-9-16(20(22,23)24)30-31(17)2/h4-5,8-9,13H,6-7,10H2,1-3H3,(H,28,33). The lowest BCUT2D eigenvalue weighted by Crippen LogP contribution is -2.51. The molecule has 2 heterocycles. The summed E-state index contributed by atoms with van der Waals surface area (Å²) in [5.41, 5.74) is -3.69. The number of aromatic nitrogens is 2. The van der Waals surface area contributed by atoms with Gasteiger partial charge in [-0.25, -0.2) is 0 Å². The molecular weight excluding hydrogens is 452 g/mol. The number of nitrogens with one attached hydrogen (secondary N) is 1. The molecule has 6 nitrogen and oxygen atoms in total. The zero-order chi connectivity index (χ0) is 24.3. The van der Waals surface area contributed by atoms with Crippen molar-refractivity contribution in [3.63, 3.8) is 0 Å². The molecule has 1 aliphatic heterocycles. The van der Waals surface area contributed by atoms with Crippen LogP contribution in [-0.2, 0) is 18.8 Å². The molecule has 1 amide bonds. The Hall–Kier alpha value is -3.05. The molecule has 33 heavy (non-hydrogen) atoms. The van der Waals surface area contributed by atoms with Crippen molar-refractivity contribution in [2.24, 2.45) is 12.1 Å². The summed E-state index contributed by atoms with van der Waals surface area (Å²) in [7, 11) is 2.10. The molecule has 1 aromatic carbocycles. The highest BCUT2D eigenvalue weighted by Crippen LogP contribution is 2.50. The molecule has 2 aromatic rings. The van der Waals surface area contributed by atoms with Crippen LogP contribution in [0, 0.1) is 6.92 Å². The van der Waals surface area contributed by atoms with Gasteiger partial charge in [-0.1, -0.05) is 12.1 Å². The third-order valence-electron chi connectivity index (χ3n) is 6.04. The van der Waals surface area contributed by atoms with Gasteiger partial charge in [0.25, 0.3) is 5.91 Å². The summed E-state index contributed by atoms with van der Waals surface area (Å²) in [6.07, 6.45) is -8.86. The van der Waals surface area contributed by atoms with Crippen molar-refractivity contribution < 1.29 is 31.1 Å². The summed E-state index contributed by atoms with van der Waals surface area (Å²) < 4.78 is 83.4. The number of nitrogens with zero attached hydrogens (tertiary/aromatic N) is 4. The Balaban J connectivity index is 1.74. The number of rotatable bonds is 4. The summed E-state index contributed by atoms with van der Waals surface area (Å²) in [5, 5.41) is 10.8. The van der Waals surface area contributed by atoms with Crippen LogP contribution in [-0.4, -0.2) is 45.7 Å².